The lowest BCUT2D eigenvalue weighted by atomic mass is 10.1. The third-order valence-electron chi connectivity index (χ3n) is 17.1. The fourth-order valence-electron chi connectivity index (χ4n) is 11.6. The Balaban J connectivity index is 0.798. The van der Waals surface area contributed by atoms with Crippen molar-refractivity contribution >= 4 is 0 Å². The van der Waals surface area contributed by atoms with Crippen molar-refractivity contribution in [3.05, 3.63) is 71.3 Å². The molecule has 16 nitrogen and oxygen atoms in total. The molecule has 0 aliphatic carbocycles. The van der Waals surface area contributed by atoms with Crippen molar-refractivity contribution in [1.82, 2.24) is 29.4 Å². The molecule has 3 aliphatic heterocycles. The van der Waals surface area contributed by atoms with Gasteiger partial charge in [0.2, 0.25) is 0 Å². The van der Waals surface area contributed by atoms with Crippen LogP contribution < -0.4 is 0 Å². The highest BCUT2D eigenvalue weighted by molar-refractivity contribution is 5.16. The van der Waals surface area contributed by atoms with Crippen molar-refractivity contribution in [2.24, 2.45) is 0 Å². The second-order valence-corrected chi connectivity index (χ2v) is 24.4. The van der Waals surface area contributed by atoms with E-state index in [-0.39, 0.29) is 11.6 Å². The van der Waals surface area contributed by atoms with Crippen LogP contribution in [-0.2, 0) is 60.5 Å². The highest BCUT2D eigenvalue weighted by atomic mass is 19.1. The molecule has 0 amide bonds. The maximum Gasteiger partial charge on any atom is 0.123 e. The van der Waals surface area contributed by atoms with E-state index in [0.29, 0.717) is 79.3 Å². The summed E-state index contributed by atoms with van der Waals surface area (Å²) in [5, 5.41) is 0. The molecule has 0 radical (unpaired) electrons. The van der Waals surface area contributed by atoms with Gasteiger partial charge < -0.3 is 47.4 Å². The molecule has 88 heavy (non-hydrogen) atoms. The van der Waals surface area contributed by atoms with Gasteiger partial charge in [0.15, 0.2) is 0 Å². The zero-order chi connectivity index (χ0) is 61.5. The maximum absolute atomic E-state index is 13.4. The maximum atomic E-state index is 13.4. The van der Waals surface area contributed by atoms with Crippen LogP contribution in [0.25, 0.3) is 0 Å². The lowest BCUT2D eigenvalue weighted by molar-refractivity contribution is 0.00776. The predicted molar refractivity (Wildman–Crippen MR) is 350 cm³/mol. The van der Waals surface area contributed by atoms with E-state index in [0.717, 1.165) is 182 Å². The summed E-state index contributed by atoms with van der Waals surface area (Å²) in [5.41, 5.74) is 2.19. The van der Waals surface area contributed by atoms with E-state index in [1.54, 1.807) is 0 Å². The van der Waals surface area contributed by atoms with Crippen LogP contribution >= 0.6 is 0 Å². The molecule has 0 unspecified atom stereocenters. The van der Waals surface area contributed by atoms with Crippen molar-refractivity contribution in [2.45, 2.75) is 142 Å². The van der Waals surface area contributed by atoms with Crippen LogP contribution in [0.15, 0.2) is 48.5 Å². The molecular weight excluding hydrogens is 1120 g/mol. The van der Waals surface area contributed by atoms with Crippen molar-refractivity contribution in [3.63, 3.8) is 0 Å². The smallest absolute Gasteiger partial charge is 0.123 e. The van der Waals surface area contributed by atoms with Gasteiger partial charge in [-0.1, -0.05) is 127 Å². The van der Waals surface area contributed by atoms with E-state index in [4.69, 9.17) is 47.4 Å². The molecule has 3 fully saturated rings. The van der Waals surface area contributed by atoms with Gasteiger partial charge in [-0.3, -0.25) is 29.4 Å². The lowest BCUT2D eigenvalue weighted by Gasteiger charge is -2.23. The summed E-state index contributed by atoms with van der Waals surface area (Å²) in [5.74, 6) is -0.407. The minimum Gasteiger partial charge on any atom is -0.379 e. The van der Waals surface area contributed by atoms with Crippen molar-refractivity contribution in [1.29, 1.82) is 0 Å². The number of halogens is 2. The first kappa shape index (κ1) is 76.4. The first-order valence-electron chi connectivity index (χ1n) is 35.2. The fraction of sp³-hybridized carbons (Fsp3) is 0.829. The number of hydrogen-bond acceptors (Lipinski definition) is 16. The average Bonchev–Trinajstić information content (AvgIpc) is 3.69. The predicted octanol–water partition coefficient (Wildman–Crippen LogP) is 10.5. The van der Waals surface area contributed by atoms with Gasteiger partial charge in [-0.15, -0.1) is 0 Å². The second kappa shape index (κ2) is 55.1. The monoisotopic (exact) mass is 1250 g/mol. The van der Waals surface area contributed by atoms with E-state index in [1.807, 2.05) is 24.3 Å². The van der Waals surface area contributed by atoms with Gasteiger partial charge in [-0.25, -0.2) is 8.78 Å². The summed E-state index contributed by atoms with van der Waals surface area (Å²) in [7, 11) is 0. The summed E-state index contributed by atoms with van der Waals surface area (Å²) >= 11 is 0. The van der Waals surface area contributed by atoms with Crippen LogP contribution in [0, 0.1) is 11.6 Å². The molecule has 18 heteroatoms. The molecule has 3 aliphatic rings. The Bertz CT molecular complexity index is 1690. The van der Waals surface area contributed by atoms with Gasteiger partial charge >= 0.3 is 0 Å². The first-order valence-corrected chi connectivity index (χ1v) is 35.2. The molecule has 3 heterocycles. The standard InChI is InChI=1S/C70H124F2N6O10/c71-69-25-21-67(22-26-69)65-77-41-53-79-45-33-73(35-47-85-61-63-87-55-43-77)29-17-13-9-5-1-3-7-11-15-19-31-75-37-49-81-57-59-83-51-39-76(40-52-84-60-58-82-50-38-75)32-20-16-12-8-4-2-6-10-14-18-30-74-34-46-80-54-42-78(44-56-88-64-62-86-48-36-74)66-68-23-27-70(72)28-24-68/h21-28H,1-20,29-66H2. The summed E-state index contributed by atoms with van der Waals surface area (Å²) < 4.78 is 86.9. The SMILES string of the molecule is Fc1ccc(CN2CCOCCOCCN(CCCCCCCCCCCCN3CCOCCOCCN(CCCCCCCCCCCCN4CCOCCOCCN(Cc5ccc(F)cc5)CCOCC4)CCOCCOCC3)CCOCC2)cc1. The van der Waals surface area contributed by atoms with E-state index < -0.39 is 0 Å². The van der Waals surface area contributed by atoms with Crippen molar-refractivity contribution in [2.75, 3.05) is 237 Å². The van der Waals surface area contributed by atoms with Crippen LogP contribution in [0.2, 0.25) is 0 Å². The average molecular weight is 1250 g/mol. The van der Waals surface area contributed by atoms with Gasteiger partial charge in [0.25, 0.3) is 0 Å². The van der Waals surface area contributed by atoms with E-state index in [1.165, 1.54) is 153 Å². The molecule has 0 bridgehead atoms. The van der Waals surface area contributed by atoms with Gasteiger partial charge in [-0.05, 0) is 87.3 Å². The van der Waals surface area contributed by atoms with Gasteiger partial charge in [0.1, 0.15) is 11.6 Å². The fourth-order valence-corrected chi connectivity index (χ4v) is 11.6. The third kappa shape index (κ3) is 42.7. The summed E-state index contributed by atoms with van der Waals surface area (Å²) in [6, 6.07) is 13.5. The summed E-state index contributed by atoms with van der Waals surface area (Å²) in [6.45, 7) is 29.9. The highest BCUT2D eigenvalue weighted by Gasteiger charge is 2.14. The van der Waals surface area contributed by atoms with Gasteiger partial charge in [0.05, 0.1) is 132 Å². The zero-order valence-corrected chi connectivity index (χ0v) is 55.2. The van der Waals surface area contributed by atoms with Crippen LogP contribution in [0.1, 0.15) is 140 Å². The van der Waals surface area contributed by atoms with Gasteiger partial charge in [-0.2, -0.15) is 0 Å². The number of unbranched alkanes of at least 4 members (excludes halogenated alkanes) is 18. The molecule has 5 rings (SSSR count). The Hall–Kier alpha value is -2.34. The molecule has 0 spiro atoms. The van der Waals surface area contributed by atoms with Gasteiger partial charge in [0, 0.05) is 91.6 Å². The van der Waals surface area contributed by atoms with Crippen LogP contribution in [0.3, 0.4) is 0 Å². The molecule has 2 aromatic rings. The highest BCUT2D eigenvalue weighted by Crippen LogP contribution is 2.15. The lowest BCUT2D eigenvalue weighted by Crippen LogP contribution is -2.34. The Labute approximate surface area is 533 Å². The van der Waals surface area contributed by atoms with Crippen LogP contribution in [-0.4, -0.2) is 266 Å². The summed E-state index contributed by atoms with van der Waals surface area (Å²) in [6.07, 6.45) is 25.9. The van der Waals surface area contributed by atoms with Crippen molar-refractivity contribution in [3.8, 4) is 0 Å². The quantitative estimate of drug-likeness (QED) is 0.0691. The Kier molecular flexibility index (Phi) is 47.9. The van der Waals surface area contributed by atoms with Crippen LogP contribution in [0.5, 0.6) is 0 Å². The number of benzene rings is 2. The van der Waals surface area contributed by atoms with E-state index >= 15 is 0 Å². The number of rotatable bonds is 30. The molecule has 508 valence electrons. The molecule has 0 aromatic heterocycles. The molecule has 0 atom stereocenters. The summed E-state index contributed by atoms with van der Waals surface area (Å²) in [4.78, 5) is 14.7. The Morgan fingerprint density at radius 3 is 0.557 bits per heavy atom. The zero-order valence-electron chi connectivity index (χ0n) is 55.2. The second-order valence-electron chi connectivity index (χ2n) is 24.4. The molecule has 0 saturated carbocycles. The third-order valence-corrected chi connectivity index (χ3v) is 17.1. The molecule has 2 aromatic carbocycles. The first-order chi connectivity index (χ1) is 43.6. The van der Waals surface area contributed by atoms with E-state index in [9.17, 15) is 8.78 Å². The number of ether oxygens (including phenoxy) is 10. The largest absolute Gasteiger partial charge is 0.379 e. The molecular formula is C70H124F2N6O10. The minimum atomic E-state index is -0.203. The normalized spacial score (nSPS) is 20.3. The van der Waals surface area contributed by atoms with Crippen LogP contribution in [0.4, 0.5) is 8.78 Å². The number of nitrogens with zero attached hydrogens (tertiary/aromatic N) is 6. The minimum absolute atomic E-state index is 0.203. The topological polar surface area (TPSA) is 112 Å². The molecule has 3 saturated heterocycles. The van der Waals surface area contributed by atoms with E-state index in [2.05, 4.69) is 29.4 Å². The van der Waals surface area contributed by atoms with Crippen molar-refractivity contribution < 1.29 is 56.1 Å². The Morgan fingerprint density at radius 1 is 0.205 bits per heavy atom. The Morgan fingerprint density at radius 2 is 0.364 bits per heavy atom. The molecule has 0 N–H and O–H groups in total. The number of hydrogen-bond donors (Lipinski definition) is 0.